The van der Waals surface area contributed by atoms with Gasteiger partial charge in [0.2, 0.25) is 0 Å². The van der Waals surface area contributed by atoms with Crippen LogP contribution in [0.15, 0.2) is 54.7 Å². The van der Waals surface area contributed by atoms with Crippen LogP contribution in [0, 0.1) is 0 Å². The average molecular weight is 289 g/mol. The predicted octanol–water partition coefficient (Wildman–Crippen LogP) is 5.98. The van der Waals surface area contributed by atoms with E-state index in [1.165, 1.54) is 27.5 Å². The molecule has 22 heavy (non-hydrogen) atoms. The molecule has 1 unspecified atom stereocenters. The average Bonchev–Trinajstić information content (AvgIpc) is 2.60. The van der Waals surface area contributed by atoms with E-state index >= 15 is 0 Å². The minimum Gasteiger partial charge on any atom is -0.256 e. The third-order valence-electron chi connectivity index (χ3n) is 4.53. The van der Waals surface area contributed by atoms with E-state index in [0.717, 1.165) is 18.5 Å². The van der Waals surface area contributed by atoms with Crippen molar-refractivity contribution in [2.24, 2.45) is 0 Å². The number of nitrogens with zero attached hydrogens (tertiary/aromatic N) is 1. The van der Waals surface area contributed by atoms with E-state index in [2.05, 4.69) is 74.3 Å². The zero-order valence-electron chi connectivity index (χ0n) is 13.6. The minimum atomic E-state index is 0.589. The van der Waals surface area contributed by atoms with Gasteiger partial charge in [0.15, 0.2) is 0 Å². The summed E-state index contributed by atoms with van der Waals surface area (Å²) in [6, 6.07) is 17.5. The summed E-state index contributed by atoms with van der Waals surface area (Å²) in [7, 11) is 0. The van der Waals surface area contributed by atoms with Gasteiger partial charge in [-0.2, -0.15) is 0 Å². The van der Waals surface area contributed by atoms with Crippen LogP contribution in [-0.4, -0.2) is 4.98 Å². The molecule has 1 aromatic heterocycles. The van der Waals surface area contributed by atoms with Crippen LogP contribution >= 0.6 is 0 Å². The van der Waals surface area contributed by atoms with Gasteiger partial charge in [0.25, 0.3) is 0 Å². The molecular formula is C21H23N. The Kier molecular flexibility index (Phi) is 4.24. The molecular weight excluding hydrogens is 266 g/mol. The summed E-state index contributed by atoms with van der Waals surface area (Å²) in [4.78, 5) is 4.68. The normalized spacial score (nSPS) is 12.5. The van der Waals surface area contributed by atoms with Gasteiger partial charge in [0.1, 0.15) is 0 Å². The second kappa shape index (κ2) is 6.31. The Labute approximate surface area is 133 Å². The van der Waals surface area contributed by atoms with Crippen LogP contribution in [-0.2, 0) is 6.42 Å². The second-order valence-electron chi connectivity index (χ2n) is 6.04. The number of fused-ring (bicyclic) bond motifs is 1. The highest BCUT2D eigenvalue weighted by molar-refractivity contribution is 5.85. The maximum Gasteiger partial charge on any atom is 0.0708 e. The molecule has 0 amide bonds. The first-order valence-corrected chi connectivity index (χ1v) is 8.20. The van der Waals surface area contributed by atoms with Crippen molar-refractivity contribution < 1.29 is 0 Å². The molecule has 1 atom stereocenters. The molecule has 0 spiro atoms. The van der Waals surface area contributed by atoms with E-state index < -0.39 is 0 Å². The first-order chi connectivity index (χ1) is 10.7. The smallest absolute Gasteiger partial charge is 0.0708 e. The Bertz CT molecular complexity index is 789. The maximum atomic E-state index is 4.68. The zero-order chi connectivity index (χ0) is 15.5. The Morgan fingerprint density at radius 2 is 1.73 bits per heavy atom. The Balaban J connectivity index is 2.12. The maximum absolute atomic E-state index is 4.68. The van der Waals surface area contributed by atoms with Crippen LogP contribution in [0.5, 0.6) is 0 Å². The van der Waals surface area contributed by atoms with E-state index in [0.29, 0.717) is 5.92 Å². The van der Waals surface area contributed by atoms with Crippen LogP contribution in [0.1, 0.15) is 44.2 Å². The van der Waals surface area contributed by atoms with Gasteiger partial charge in [-0.1, -0.05) is 51.1 Å². The van der Waals surface area contributed by atoms with Gasteiger partial charge in [-0.05, 0) is 53.5 Å². The second-order valence-corrected chi connectivity index (χ2v) is 6.04. The van der Waals surface area contributed by atoms with Gasteiger partial charge in [-0.25, -0.2) is 0 Å². The Hall–Kier alpha value is -2.15. The molecule has 0 aliphatic heterocycles. The summed E-state index contributed by atoms with van der Waals surface area (Å²) < 4.78 is 0. The van der Waals surface area contributed by atoms with Crippen molar-refractivity contribution in [3.63, 3.8) is 0 Å². The molecule has 1 nitrogen and oxygen atoms in total. The molecule has 112 valence electrons. The number of hydrogen-bond donors (Lipinski definition) is 0. The van der Waals surface area contributed by atoms with Gasteiger partial charge in [-0.15, -0.1) is 0 Å². The first-order valence-electron chi connectivity index (χ1n) is 8.20. The van der Waals surface area contributed by atoms with Crippen LogP contribution in [0.4, 0.5) is 0 Å². The lowest BCUT2D eigenvalue weighted by Crippen LogP contribution is -1.95. The SMILES string of the molecule is CCc1cc(-c2cc3ccccc3cn2)cc(C(C)CC)c1. The Morgan fingerprint density at radius 1 is 0.955 bits per heavy atom. The van der Waals surface area contributed by atoms with Crippen LogP contribution < -0.4 is 0 Å². The van der Waals surface area contributed by atoms with Crippen molar-refractivity contribution in [3.05, 3.63) is 65.9 Å². The number of pyridine rings is 1. The van der Waals surface area contributed by atoms with Crippen molar-refractivity contribution >= 4 is 10.8 Å². The van der Waals surface area contributed by atoms with E-state index in [1.54, 1.807) is 0 Å². The molecule has 1 heterocycles. The van der Waals surface area contributed by atoms with Gasteiger partial charge in [0.05, 0.1) is 5.69 Å². The molecule has 2 aromatic carbocycles. The highest BCUT2D eigenvalue weighted by Crippen LogP contribution is 2.28. The number of benzene rings is 2. The van der Waals surface area contributed by atoms with Crippen LogP contribution in [0.2, 0.25) is 0 Å². The molecule has 1 heteroatoms. The lowest BCUT2D eigenvalue weighted by molar-refractivity contribution is 0.732. The minimum absolute atomic E-state index is 0.589. The summed E-state index contributed by atoms with van der Waals surface area (Å²) in [6.07, 6.45) is 4.20. The molecule has 0 N–H and O–H groups in total. The van der Waals surface area contributed by atoms with E-state index in [1.807, 2.05) is 6.20 Å². The molecule has 0 aliphatic carbocycles. The Morgan fingerprint density at radius 3 is 2.45 bits per heavy atom. The molecule has 0 radical (unpaired) electrons. The van der Waals surface area contributed by atoms with Crippen molar-refractivity contribution in [2.45, 2.75) is 39.5 Å². The molecule has 3 rings (SSSR count). The van der Waals surface area contributed by atoms with Gasteiger partial charge in [0, 0.05) is 17.1 Å². The standard InChI is InChI=1S/C21H23N/c1-4-15(3)19-10-16(5-2)11-20(12-19)21-13-17-8-6-7-9-18(17)14-22-21/h6-15H,4-5H2,1-3H3. The summed E-state index contributed by atoms with van der Waals surface area (Å²) in [5.74, 6) is 0.589. The van der Waals surface area contributed by atoms with Crippen molar-refractivity contribution in [3.8, 4) is 11.3 Å². The highest BCUT2D eigenvalue weighted by atomic mass is 14.7. The summed E-state index contributed by atoms with van der Waals surface area (Å²) in [5.41, 5.74) is 5.12. The van der Waals surface area contributed by atoms with Crippen LogP contribution in [0.3, 0.4) is 0 Å². The summed E-state index contributed by atoms with van der Waals surface area (Å²) in [6.45, 7) is 6.76. The summed E-state index contributed by atoms with van der Waals surface area (Å²) >= 11 is 0. The molecule has 0 saturated heterocycles. The number of aryl methyl sites for hydroxylation is 1. The van der Waals surface area contributed by atoms with E-state index in [4.69, 9.17) is 0 Å². The van der Waals surface area contributed by atoms with Crippen molar-refractivity contribution in [1.82, 2.24) is 4.98 Å². The summed E-state index contributed by atoms with van der Waals surface area (Å²) in [5, 5.41) is 2.44. The lowest BCUT2D eigenvalue weighted by atomic mass is 9.92. The van der Waals surface area contributed by atoms with Crippen molar-refractivity contribution in [2.75, 3.05) is 0 Å². The molecule has 0 fully saturated rings. The lowest BCUT2D eigenvalue weighted by Gasteiger charge is -2.13. The topological polar surface area (TPSA) is 12.9 Å². The zero-order valence-corrected chi connectivity index (χ0v) is 13.6. The monoisotopic (exact) mass is 289 g/mol. The molecule has 3 aromatic rings. The number of rotatable bonds is 4. The predicted molar refractivity (Wildman–Crippen MR) is 95.3 cm³/mol. The molecule has 0 aliphatic rings. The van der Waals surface area contributed by atoms with Gasteiger partial charge < -0.3 is 0 Å². The van der Waals surface area contributed by atoms with E-state index in [9.17, 15) is 0 Å². The van der Waals surface area contributed by atoms with Crippen LogP contribution in [0.25, 0.3) is 22.0 Å². The van der Waals surface area contributed by atoms with Crippen molar-refractivity contribution in [1.29, 1.82) is 0 Å². The van der Waals surface area contributed by atoms with Gasteiger partial charge in [-0.3, -0.25) is 4.98 Å². The van der Waals surface area contributed by atoms with E-state index in [-0.39, 0.29) is 0 Å². The first kappa shape index (κ1) is 14.8. The quantitative estimate of drug-likeness (QED) is 0.576. The van der Waals surface area contributed by atoms with Gasteiger partial charge >= 0.3 is 0 Å². The third kappa shape index (κ3) is 2.89. The fourth-order valence-corrected chi connectivity index (χ4v) is 2.83. The fourth-order valence-electron chi connectivity index (χ4n) is 2.83. The third-order valence-corrected chi connectivity index (χ3v) is 4.53. The molecule has 0 saturated carbocycles. The number of hydrogen-bond acceptors (Lipinski definition) is 1. The molecule has 0 bridgehead atoms. The highest BCUT2D eigenvalue weighted by Gasteiger charge is 2.09. The largest absolute Gasteiger partial charge is 0.256 e. The fraction of sp³-hybridized carbons (Fsp3) is 0.286. The number of aromatic nitrogens is 1.